The van der Waals surface area contributed by atoms with Gasteiger partial charge in [-0.05, 0) is 18.2 Å². The van der Waals surface area contributed by atoms with Crippen molar-refractivity contribution in [3.8, 4) is 0 Å². The van der Waals surface area contributed by atoms with Gasteiger partial charge in [0, 0.05) is 59.0 Å². The van der Waals surface area contributed by atoms with E-state index in [4.69, 9.17) is 4.42 Å². The molecule has 2 N–H and O–H groups in total. The van der Waals surface area contributed by atoms with E-state index in [0.29, 0.717) is 19.0 Å². The van der Waals surface area contributed by atoms with Crippen LogP contribution < -0.4 is 10.6 Å². The van der Waals surface area contributed by atoms with Gasteiger partial charge >= 0.3 is 0 Å². The first-order chi connectivity index (χ1) is 12.1. The van der Waals surface area contributed by atoms with Crippen molar-refractivity contribution in [2.24, 2.45) is 12.0 Å². The van der Waals surface area contributed by atoms with Gasteiger partial charge in [-0.1, -0.05) is 0 Å². The topological polar surface area (TPSA) is 87.7 Å². The number of nitrogens with zero attached hydrogens (tertiary/aromatic N) is 4. The fraction of sp³-hybridized carbons (Fsp3) is 0.471. The van der Waals surface area contributed by atoms with Crippen molar-refractivity contribution in [2.75, 3.05) is 33.7 Å². The van der Waals surface area contributed by atoms with Gasteiger partial charge in [0.15, 0.2) is 5.96 Å². The number of aromatic nitrogens is 2. The monoisotopic (exact) mass is 346 g/mol. The van der Waals surface area contributed by atoms with Crippen molar-refractivity contribution < 1.29 is 9.21 Å². The van der Waals surface area contributed by atoms with Crippen LogP contribution >= 0.6 is 0 Å². The number of hydrogen-bond acceptors (Lipinski definition) is 4. The summed E-state index contributed by atoms with van der Waals surface area (Å²) in [5, 5.41) is 10.6. The smallest absolute Gasteiger partial charge is 0.243 e. The SMILES string of the molecule is CN(C)C(=O)CN=C(NCCc1ccco1)NCCc1ccnn1C. The summed E-state index contributed by atoms with van der Waals surface area (Å²) in [5.41, 5.74) is 1.13. The lowest BCUT2D eigenvalue weighted by atomic mass is 10.3. The number of carbonyl (C=O) groups is 1. The van der Waals surface area contributed by atoms with Crippen molar-refractivity contribution in [3.05, 3.63) is 42.1 Å². The highest BCUT2D eigenvalue weighted by molar-refractivity contribution is 5.84. The van der Waals surface area contributed by atoms with Gasteiger partial charge in [0.05, 0.1) is 6.26 Å². The molecule has 0 saturated carbocycles. The van der Waals surface area contributed by atoms with Crippen molar-refractivity contribution in [1.82, 2.24) is 25.3 Å². The predicted octanol–water partition coefficient (Wildman–Crippen LogP) is 0.422. The van der Waals surface area contributed by atoms with E-state index in [-0.39, 0.29) is 12.5 Å². The van der Waals surface area contributed by atoms with Crippen molar-refractivity contribution in [1.29, 1.82) is 0 Å². The Hall–Kier alpha value is -2.77. The quantitative estimate of drug-likeness (QED) is 0.534. The number of amides is 1. The van der Waals surface area contributed by atoms with E-state index < -0.39 is 0 Å². The molecule has 0 aliphatic rings. The molecule has 25 heavy (non-hydrogen) atoms. The van der Waals surface area contributed by atoms with E-state index in [1.165, 1.54) is 4.90 Å². The summed E-state index contributed by atoms with van der Waals surface area (Å²) in [6, 6.07) is 5.79. The second kappa shape index (κ2) is 9.51. The van der Waals surface area contributed by atoms with E-state index in [0.717, 1.165) is 24.3 Å². The largest absolute Gasteiger partial charge is 0.469 e. The van der Waals surface area contributed by atoms with Crippen molar-refractivity contribution in [3.63, 3.8) is 0 Å². The summed E-state index contributed by atoms with van der Waals surface area (Å²) in [7, 11) is 5.36. The third kappa shape index (κ3) is 6.33. The molecule has 0 spiro atoms. The molecule has 2 aromatic heterocycles. The fourth-order valence-electron chi connectivity index (χ4n) is 2.18. The van der Waals surface area contributed by atoms with E-state index in [2.05, 4.69) is 20.7 Å². The Morgan fingerprint density at radius 1 is 1.28 bits per heavy atom. The molecule has 0 aliphatic heterocycles. The van der Waals surface area contributed by atoms with E-state index >= 15 is 0 Å². The minimum Gasteiger partial charge on any atom is -0.469 e. The zero-order chi connectivity index (χ0) is 18.1. The van der Waals surface area contributed by atoms with Crippen LogP contribution in [0.1, 0.15) is 11.5 Å². The summed E-state index contributed by atoms with van der Waals surface area (Å²) >= 11 is 0. The van der Waals surface area contributed by atoms with Crippen LogP contribution in [0.25, 0.3) is 0 Å². The summed E-state index contributed by atoms with van der Waals surface area (Å²) in [6.07, 6.45) is 5.00. The molecule has 136 valence electrons. The predicted molar refractivity (Wildman–Crippen MR) is 96.3 cm³/mol. The highest BCUT2D eigenvalue weighted by atomic mass is 16.3. The normalized spacial score (nSPS) is 11.4. The summed E-state index contributed by atoms with van der Waals surface area (Å²) in [4.78, 5) is 17.6. The van der Waals surface area contributed by atoms with Gasteiger partial charge in [0.2, 0.25) is 5.91 Å². The van der Waals surface area contributed by atoms with Gasteiger partial charge in [-0.2, -0.15) is 5.10 Å². The van der Waals surface area contributed by atoms with Gasteiger partial charge < -0.3 is 20.0 Å². The fourth-order valence-corrected chi connectivity index (χ4v) is 2.18. The Bertz CT molecular complexity index is 675. The Kier molecular flexibility index (Phi) is 7.06. The molecule has 0 atom stereocenters. The number of nitrogens with one attached hydrogen (secondary N) is 2. The average Bonchev–Trinajstić information content (AvgIpc) is 3.23. The molecule has 8 nitrogen and oxygen atoms in total. The third-order valence-corrected chi connectivity index (χ3v) is 3.71. The number of rotatable bonds is 8. The second-order valence-corrected chi connectivity index (χ2v) is 5.83. The summed E-state index contributed by atoms with van der Waals surface area (Å²) < 4.78 is 7.16. The molecular formula is C17H26N6O2. The minimum atomic E-state index is -0.0428. The van der Waals surface area contributed by atoms with Crippen molar-refractivity contribution >= 4 is 11.9 Å². The maximum absolute atomic E-state index is 11.7. The molecule has 2 heterocycles. The molecule has 0 aromatic carbocycles. The van der Waals surface area contributed by atoms with Crippen LogP contribution in [0, 0.1) is 0 Å². The Balaban J connectivity index is 1.84. The number of aryl methyl sites for hydroxylation is 1. The maximum atomic E-state index is 11.7. The zero-order valence-electron chi connectivity index (χ0n) is 15.0. The van der Waals surface area contributed by atoms with Gasteiger partial charge in [0.25, 0.3) is 0 Å². The molecule has 2 aromatic rings. The number of guanidine groups is 1. The highest BCUT2D eigenvalue weighted by Gasteiger charge is 2.06. The second-order valence-electron chi connectivity index (χ2n) is 5.83. The maximum Gasteiger partial charge on any atom is 0.243 e. The van der Waals surface area contributed by atoms with Crippen LogP contribution in [-0.4, -0.2) is 60.3 Å². The molecule has 0 fully saturated rings. The Morgan fingerprint density at radius 2 is 2.04 bits per heavy atom. The van der Waals surface area contributed by atoms with Gasteiger partial charge in [0.1, 0.15) is 12.3 Å². The summed E-state index contributed by atoms with van der Waals surface area (Å²) in [5.74, 6) is 1.48. The zero-order valence-corrected chi connectivity index (χ0v) is 15.0. The van der Waals surface area contributed by atoms with E-state index in [9.17, 15) is 4.79 Å². The molecule has 0 unspecified atom stereocenters. The number of carbonyl (C=O) groups excluding carboxylic acids is 1. The van der Waals surface area contributed by atoms with Gasteiger partial charge in [-0.3, -0.25) is 9.48 Å². The third-order valence-electron chi connectivity index (χ3n) is 3.71. The molecule has 0 aliphatic carbocycles. The van der Waals surface area contributed by atoms with Crippen LogP contribution in [0.2, 0.25) is 0 Å². The standard InChI is InChI=1S/C17H26N6O2/c1-22(2)16(24)13-20-17(19-10-8-15-5-4-12-25-15)18-9-6-14-7-11-21-23(14)3/h4-5,7,11-12H,6,8-10,13H2,1-3H3,(H2,18,19,20). The lowest BCUT2D eigenvalue weighted by Gasteiger charge is -2.13. The summed E-state index contributed by atoms with van der Waals surface area (Å²) in [6.45, 7) is 1.47. The first kappa shape index (κ1) is 18.6. The number of hydrogen-bond donors (Lipinski definition) is 2. The molecule has 8 heteroatoms. The Morgan fingerprint density at radius 3 is 2.64 bits per heavy atom. The van der Waals surface area contributed by atoms with E-state index in [1.54, 1.807) is 26.6 Å². The molecule has 0 bridgehead atoms. The van der Waals surface area contributed by atoms with Gasteiger partial charge in [-0.25, -0.2) is 4.99 Å². The van der Waals surface area contributed by atoms with Crippen LogP contribution in [0.4, 0.5) is 0 Å². The van der Waals surface area contributed by atoms with Gasteiger partial charge in [-0.15, -0.1) is 0 Å². The number of furan rings is 1. The van der Waals surface area contributed by atoms with Crippen LogP contribution in [0.5, 0.6) is 0 Å². The van der Waals surface area contributed by atoms with Crippen LogP contribution in [0.15, 0.2) is 40.1 Å². The Labute approximate surface area is 147 Å². The first-order valence-electron chi connectivity index (χ1n) is 8.28. The molecular weight excluding hydrogens is 320 g/mol. The minimum absolute atomic E-state index is 0.0428. The van der Waals surface area contributed by atoms with Crippen LogP contribution in [-0.2, 0) is 24.7 Å². The van der Waals surface area contributed by atoms with E-state index in [1.807, 2.05) is 29.9 Å². The average molecular weight is 346 g/mol. The van der Waals surface area contributed by atoms with Crippen LogP contribution in [0.3, 0.4) is 0 Å². The molecule has 1 amide bonds. The highest BCUT2D eigenvalue weighted by Crippen LogP contribution is 1.99. The molecule has 2 rings (SSSR count). The molecule has 0 saturated heterocycles. The first-order valence-corrected chi connectivity index (χ1v) is 8.28. The number of likely N-dealkylation sites (N-methyl/N-ethyl adjacent to an activating group) is 1. The lowest BCUT2D eigenvalue weighted by Crippen LogP contribution is -2.40. The lowest BCUT2D eigenvalue weighted by molar-refractivity contribution is -0.127. The molecule has 0 radical (unpaired) electrons. The number of aliphatic imine (C=N–C) groups is 1. The van der Waals surface area contributed by atoms with Crippen molar-refractivity contribution in [2.45, 2.75) is 12.8 Å².